The van der Waals surface area contributed by atoms with Crippen LogP contribution >= 0.6 is 11.5 Å². The number of hydrogen-bond acceptors (Lipinski definition) is 3. The average Bonchev–Trinajstić information content (AvgIpc) is 3.16. The van der Waals surface area contributed by atoms with E-state index in [1.54, 1.807) is 15.8 Å². The summed E-state index contributed by atoms with van der Waals surface area (Å²) in [6, 6.07) is 15.0. The van der Waals surface area contributed by atoms with E-state index in [9.17, 15) is 9.59 Å². The van der Waals surface area contributed by atoms with E-state index in [1.807, 2.05) is 42.5 Å². The Kier molecular flexibility index (Phi) is 3.31. The average molecular weight is 324 g/mol. The SMILES string of the molecule is C[C@@H](C(=O)N1CCc2ccccc21)n1sc2ccccc2c1=O. The Morgan fingerprint density at radius 1 is 1.13 bits per heavy atom. The molecule has 0 fully saturated rings. The smallest absolute Gasteiger partial charge is 0.269 e. The first kappa shape index (κ1) is 14.2. The molecular formula is C18H16N2O2S. The molecule has 4 rings (SSSR count). The Hall–Kier alpha value is -2.40. The first-order valence-electron chi connectivity index (χ1n) is 7.66. The molecule has 0 aliphatic carbocycles. The third kappa shape index (κ3) is 2.19. The van der Waals surface area contributed by atoms with Crippen LogP contribution in [0.3, 0.4) is 0 Å². The van der Waals surface area contributed by atoms with Gasteiger partial charge in [0, 0.05) is 12.2 Å². The first-order chi connectivity index (χ1) is 11.2. The molecule has 2 aromatic carbocycles. The van der Waals surface area contributed by atoms with Crippen molar-refractivity contribution in [3.63, 3.8) is 0 Å². The van der Waals surface area contributed by atoms with Crippen molar-refractivity contribution < 1.29 is 4.79 Å². The van der Waals surface area contributed by atoms with E-state index in [4.69, 9.17) is 0 Å². The number of aromatic nitrogens is 1. The lowest BCUT2D eigenvalue weighted by atomic mass is 10.2. The van der Waals surface area contributed by atoms with Crippen LogP contribution in [0.2, 0.25) is 0 Å². The predicted octanol–water partition coefficient (Wildman–Crippen LogP) is 3.21. The van der Waals surface area contributed by atoms with E-state index in [-0.39, 0.29) is 11.5 Å². The molecule has 0 N–H and O–H groups in total. The second-order valence-corrected chi connectivity index (χ2v) is 6.78. The third-order valence-electron chi connectivity index (χ3n) is 4.38. The molecule has 1 atom stereocenters. The Morgan fingerprint density at radius 2 is 1.87 bits per heavy atom. The normalized spacial score (nSPS) is 14.9. The molecule has 1 aliphatic heterocycles. The number of hydrogen-bond donors (Lipinski definition) is 0. The van der Waals surface area contributed by atoms with Gasteiger partial charge in [-0.25, -0.2) is 0 Å². The van der Waals surface area contributed by atoms with Crippen LogP contribution in [0.25, 0.3) is 10.1 Å². The number of carbonyl (C=O) groups excluding carboxylic acids is 1. The lowest BCUT2D eigenvalue weighted by Gasteiger charge is -2.21. The van der Waals surface area contributed by atoms with Gasteiger partial charge in [0.1, 0.15) is 6.04 Å². The second-order valence-electron chi connectivity index (χ2n) is 5.76. The van der Waals surface area contributed by atoms with Crippen molar-refractivity contribution in [3.8, 4) is 0 Å². The molecule has 0 spiro atoms. The molecule has 2 heterocycles. The molecule has 116 valence electrons. The monoisotopic (exact) mass is 324 g/mol. The topological polar surface area (TPSA) is 42.3 Å². The number of anilines is 1. The minimum Gasteiger partial charge on any atom is -0.310 e. The van der Waals surface area contributed by atoms with Gasteiger partial charge in [-0.2, -0.15) is 0 Å². The van der Waals surface area contributed by atoms with Gasteiger partial charge in [-0.05, 0) is 37.1 Å². The Morgan fingerprint density at radius 3 is 2.70 bits per heavy atom. The van der Waals surface area contributed by atoms with E-state index in [0.717, 1.165) is 16.8 Å². The number of amides is 1. The zero-order valence-corrected chi connectivity index (χ0v) is 13.5. The van der Waals surface area contributed by atoms with Gasteiger partial charge in [-0.15, -0.1) is 0 Å². The van der Waals surface area contributed by atoms with Crippen molar-refractivity contribution in [2.45, 2.75) is 19.4 Å². The lowest BCUT2D eigenvalue weighted by Crippen LogP contribution is -2.36. The summed E-state index contributed by atoms with van der Waals surface area (Å²) in [4.78, 5) is 27.3. The minimum atomic E-state index is -0.494. The van der Waals surface area contributed by atoms with Crippen molar-refractivity contribution in [2.24, 2.45) is 0 Å². The summed E-state index contributed by atoms with van der Waals surface area (Å²) in [6.07, 6.45) is 0.871. The van der Waals surface area contributed by atoms with Gasteiger partial charge in [0.05, 0.1) is 10.1 Å². The first-order valence-corrected chi connectivity index (χ1v) is 8.44. The van der Waals surface area contributed by atoms with Gasteiger partial charge < -0.3 is 4.90 Å². The number of para-hydroxylation sites is 1. The fourth-order valence-corrected chi connectivity index (χ4v) is 4.17. The summed E-state index contributed by atoms with van der Waals surface area (Å²) < 4.78 is 2.51. The summed E-state index contributed by atoms with van der Waals surface area (Å²) >= 11 is 1.36. The molecule has 4 nitrogen and oxygen atoms in total. The van der Waals surface area contributed by atoms with E-state index < -0.39 is 6.04 Å². The van der Waals surface area contributed by atoms with Crippen LogP contribution < -0.4 is 10.5 Å². The van der Waals surface area contributed by atoms with Crippen LogP contribution in [0.5, 0.6) is 0 Å². The summed E-state index contributed by atoms with van der Waals surface area (Å²) in [5, 5.41) is 0.680. The highest BCUT2D eigenvalue weighted by Crippen LogP contribution is 2.30. The maximum absolute atomic E-state index is 12.9. The maximum Gasteiger partial charge on any atom is 0.269 e. The third-order valence-corrected chi connectivity index (χ3v) is 5.61. The van der Waals surface area contributed by atoms with E-state index in [2.05, 4.69) is 6.07 Å². The van der Waals surface area contributed by atoms with Gasteiger partial charge >= 0.3 is 0 Å². The van der Waals surface area contributed by atoms with Crippen LogP contribution in [0.15, 0.2) is 53.3 Å². The number of benzene rings is 2. The highest BCUT2D eigenvalue weighted by Gasteiger charge is 2.29. The van der Waals surface area contributed by atoms with Gasteiger partial charge in [-0.3, -0.25) is 13.5 Å². The van der Waals surface area contributed by atoms with Gasteiger partial charge in [0.2, 0.25) is 0 Å². The molecule has 0 saturated heterocycles. The van der Waals surface area contributed by atoms with Gasteiger partial charge in [0.25, 0.3) is 11.5 Å². The lowest BCUT2D eigenvalue weighted by molar-refractivity contribution is -0.121. The fourth-order valence-electron chi connectivity index (χ4n) is 3.14. The molecule has 23 heavy (non-hydrogen) atoms. The van der Waals surface area contributed by atoms with Crippen LogP contribution in [-0.4, -0.2) is 16.4 Å². The van der Waals surface area contributed by atoms with Crippen LogP contribution in [0.1, 0.15) is 18.5 Å². The molecule has 0 unspecified atom stereocenters. The molecule has 1 aromatic heterocycles. The van der Waals surface area contributed by atoms with Crippen LogP contribution in [-0.2, 0) is 11.2 Å². The molecule has 5 heteroatoms. The Balaban J connectivity index is 1.71. The molecule has 1 amide bonds. The van der Waals surface area contributed by atoms with Crippen LogP contribution in [0, 0.1) is 0 Å². The van der Waals surface area contributed by atoms with Crippen molar-refractivity contribution in [1.29, 1.82) is 0 Å². The number of carbonyl (C=O) groups is 1. The molecular weight excluding hydrogens is 308 g/mol. The summed E-state index contributed by atoms with van der Waals surface area (Å²) in [7, 11) is 0. The van der Waals surface area contributed by atoms with Gasteiger partial charge in [-0.1, -0.05) is 41.9 Å². The molecule has 3 aromatic rings. The summed E-state index contributed by atoms with van der Waals surface area (Å²) in [6.45, 7) is 2.49. The highest BCUT2D eigenvalue weighted by molar-refractivity contribution is 7.14. The predicted molar refractivity (Wildman–Crippen MR) is 93.3 cm³/mol. The number of rotatable bonds is 2. The van der Waals surface area contributed by atoms with Gasteiger partial charge in [0.15, 0.2) is 0 Å². The molecule has 0 saturated carbocycles. The number of nitrogens with zero attached hydrogens (tertiary/aromatic N) is 2. The second kappa shape index (κ2) is 5.35. The van der Waals surface area contributed by atoms with Crippen molar-refractivity contribution in [2.75, 3.05) is 11.4 Å². The van der Waals surface area contributed by atoms with E-state index in [0.29, 0.717) is 11.9 Å². The van der Waals surface area contributed by atoms with Crippen molar-refractivity contribution in [3.05, 3.63) is 64.4 Å². The molecule has 0 radical (unpaired) electrons. The standard InChI is InChI=1S/C18H16N2O2S/c1-12(20-18(22)14-7-3-5-9-16(14)23-20)17(21)19-11-10-13-6-2-4-8-15(13)19/h2-9,12H,10-11H2,1H3/t12-/m0/s1. The number of fused-ring (bicyclic) bond motifs is 2. The fraction of sp³-hybridized carbons (Fsp3) is 0.222. The zero-order chi connectivity index (χ0) is 16.0. The Bertz CT molecular complexity index is 957. The molecule has 1 aliphatic rings. The van der Waals surface area contributed by atoms with Crippen molar-refractivity contribution >= 4 is 33.2 Å². The van der Waals surface area contributed by atoms with Crippen LogP contribution in [0.4, 0.5) is 5.69 Å². The highest BCUT2D eigenvalue weighted by atomic mass is 32.1. The summed E-state index contributed by atoms with van der Waals surface area (Å²) in [5.41, 5.74) is 2.08. The maximum atomic E-state index is 12.9. The van der Waals surface area contributed by atoms with E-state index >= 15 is 0 Å². The largest absolute Gasteiger partial charge is 0.310 e. The zero-order valence-electron chi connectivity index (χ0n) is 12.7. The van der Waals surface area contributed by atoms with E-state index in [1.165, 1.54) is 17.1 Å². The minimum absolute atomic E-state index is 0.0244. The molecule has 0 bridgehead atoms. The quantitative estimate of drug-likeness (QED) is 0.726. The van der Waals surface area contributed by atoms with Crippen molar-refractivity contribution in [1.82, 2.24) is 3.96 Å². The summed E-state index contributed by atoms with van der Waals surface area (Å²) in [5.74, 6) is -0.0244. The Labute approximate surface area is 137 Å².